The zero-order chi connectivity index (χ0) is 15.0. The van der Waals surface area contributed by atoms with Gasteiger partial charge in [0.1, 0.15) is 11.3 Å². The minimum Gasteiger partial charge on any atom is -0.481 e. The molecule has 7 heteroatoms. The summed E-state index contributed by atoms with van der Waals surface area (Å²) < 4.78 is 9.09. The Morgan fingerprint density at radius 1 is 1.38 bits per heavy atom. The topological polar surface area (TPSA) is 57.8 Å². The van der Waals surface area contributed by atoms with Crippen molar-refractivity contribution in [2.24, 2.45) is 7.05 Å². The Bertz CT molecular complexity index is 792. The van der Waals surface area contributed by atoms with Crippen LogP contribution in [0.25, 0.3) is 11.2 Å². The van der Waals surface area contributed by atoms with E-state index in [-0.39, 0.29) is 0 Å². The van der Waals surface area contributed by atoms with Gasteiger partial charge in [0.05, 0.1) is 25.2 Å². The van der Waals surface area contributed by atoms with Crippen molar-refractivity contribution in [3.63, 3.8) is 0 Å². The minimum absolute atomic E-state index is 0.357. The number of aryl methyl sites for hydroxylation is 2. The van der Waals surface area contributed by atoms with Gasteiger partial charge in [0.2, 0.25) is 5.88 Å². The SMILES string of the molecule is COc1cc(Cn2c(CCl)nc3c(C)nn(C)c32)ccn1. The van der Waals surface area contributed by atoms with Gasteiger partial charge < -0.3 is 9.30 Å². The van der Waals surface area contributed by atoms with Gasteiger partial charge in [0, 0.05) is 19.3 Å². The lowest BCUT2D eigenvalue weighted by Gasteiger charge is -2.09. The molecule has 0 aliphatic heterocycles. The first-order valence-corrected chi connectivity index (χ1v) is 7.11. The standard InChI is InChI=1S/C14H16ClN5O/c1-9-13-14(19(2)18-9)20(11(7-15)17-13)8-10-4-5-16-12(6-10)21-3/h4-6H,7-8H2,1-3H3. The molecule has 0 radical (unpaired) electrons. The molecule has 3 aromatic rings. The van der Waals surface area contributed by atoms with Crippen LogP contribution in [-0.2, 0) is 19.5 Å². The van der Waals surface area contributed by atoms with Crippen LogP contribution in [0, 0.1) is 6.92 Å². The van der Waals surface area contributed by atoms with Crippen molar-refractivity contribution >= 4 is 22.8 Å². The van der Waals surface area contributed by atoms with Gasteiger partial charge in [-0.15, -0.1) is 11.6 Å². The van der Waals surface area contributed by atoms with Crippen molar-refractivity contribution in [1.29, 1.82) is 0 Å². The summed E-state index contributed by atoms with van der Waals surface area (Å²) in [4.78, 5) is 8.71. The van der Waals surface area contributed by atoms with E-state index in [1.165, 1.54) is 0 Å². The molecule has 110 valence electrons. The van der Waals surface area contributed by atoms with E-state index in [4.69, 9.17) is 16.3 Å². The second-order valence-electron chi connectivity index (χ2n) is 4.84. The molecule has 3 rings (SSSR count). The zero-order valence-electron chi connectivity index (χ0n) is 12.2. The van der Waals surface area contributed by atoms with E-state index in [0.717, 1.165) is 28.2 Å². The molecule has 6 nitrogen and oxygen atoms in total. The third-order valence-electron chi connectivity index (χ3n) is 3.44. The van der Waals surface area contributed by atoms with Crippen LogP contribution in [0.1, 0.15) is 17.1 Å². The first-order valence-electron chi connectivity index (χ1n) is 6.57. The molecule has 3 aromatic heterocycles. The molecule has 0 atom stereocenters. The van der Waals surface area contributed by atoms with Crippen LogP contribution in [-0.4, -0.2) is 31.4 Å². The minimum atomic E-state index is 0.357. The first kappa shape index (κ1) is 13.9. The second-order valence-corrected chi connectivity index (χ2v) is 5.10. The molecule has 0 unspecified atom stereocenters. The van der Waals surface area contributed by atoms with Gasteiger partial charge in [0.25, 0.3) is 0 Å². The van der Waals surface area contributed by atoms with Crippen molar-refractivity contribution in [2.75, 3.05) is 7.11 Å². The van der Waals surface area contributed by atoms with Crippen LogP contribution in [0.4, 0.5) is 0 Å². The fourth-order valence-corrected chi connectivity index (χ4v) is 2.70. The lowest BCUT2D eigenvalue weighted by molar-refractivity contribution is 0.397. The summed E-state index contributed by atoms with van der Waals surface area (Å²) in [6, 6.07) is 3.86. The average Bonchev–Trinajstić information content (AvgIpc) is 2.98. The maximum Gasteiger partial charge on any atom is 0.213 e. The number of pyridine rings is 1. The molecule has 0 spiro atoms. The summed E-state index contributed by atoms with van der Waals surface area (Å²) >= 11 is 6.04. The lowest BCUT2D eigenvalue weighted by atomic mass is 10.2. The van der Waals surface area contributed by atoms with E-state index >= 15 is 0 Å². The number of methoxy groups -OCH3 is 1. The van der Waals surface area contributed by atoms with Crippen molar-refractivity contribution in [3.8, 4) is 5.88 Å². The summed E-state index contributed by atoms with van der Waals surface area (Å²) in [7, 11) is 3.52. The van der Waals surface area contributed by atoms with E-state index in [1.54, 1.807) is 13.3 Å². The van der Waals surface area contributed by atoms with E-state index < -0.39 is 0 Å². The molecule has 0 saturated heterocycles. The number of fused-ring (bicyclic) bond motifs is 1. The van der Waals surface area contributed by atoms with Gasteiger partial charge in [-0.25, -0.2) is 9.97 Å². The molecule has 0 fully saturated rings. The molecule has 0 N–H and O–H groups in total. The Labute approximate surface area is 127 Å². The highest BCUT2D eigenvalue weighted by Crippen LogP contribution is 2.22. The number of aromatic nitrogens is 5. The maximum absolute atomic E-state index is 6.04. The van der Waals surface area contributed by atoms with E-state index in [2.05, 4.69) is 19.6 Å². The number of rotatable bonds is 4. The number of imidazole rings is 1. The Morgan fingerprint density at radius 3 is 2.90 bits per heavy atom. The largest absolute Gasteiger partial charge is 0.481 e. The predicted octanol–water partition coefficient (Wildman–Crippen LogP) is 2.27. The van der Waals surface area contributed by atoms with Crippen LogP contribution < -0.4 is 4.74 Å². The molecular weight excluding hydrogens is 290 g/mol. The number of nitrogens with zero attached hydrogens (tertiary/aromatic N) is 5. The highest BCUT2D eigenvalue weighted by Gasteiger charge is 2.17. The van der Waals surface area contributed by atoms with Crippen molar-refractivity contribution in [1.82, 2.24) is 24.3 Å². The highest BCUT2D eigenvalue weighted by molar-refractivity contribution is 6.16. The second kappa shape index (κ2) is 5.37. The average molecular weight is 306 g/mol. The van der Waals surface area contributed by atoms with E-state index in [9.17, 15) is 0 Å². The third kappa shape index (κ3) is 2.35. The van der Waals surface area contributed by atoms with Gasteiger partial charge in [-0.2, -0.15) is 5.10 Å². The molecule has 0 aromatic carbocycles. The van der Waals surface area contributed by atoms with Crippen LogP contribution in [0.2, 0.25) is 0 Å². The molecule has 21 heavy (non-hydrogen) atoms. The highest BCUT2D eigenvalue weighted by atomic mass is 35.5. The van der Waals surface area contributed by atoms with Gasteiger partial charge in [-0.1, -0.05) is 0 Å². The van der Waals surface area contributed by atoms with E-state index in [1.807, 2.05) is 30.8 Å². The Kier molecular flexibility index (Phi) is 3.55. The zero-order valence-corrected chi connectivity index (χ0v) is 12.9. The first-order chi connectivity index (χ1) is 10.1. The fourth-order valence-electron chi connectivity index (χ4n) is 2.49. The molecule has 0 amide bonds. The Hall–Kier alpha value is -2.08. The fraction of sp³-hybridized carbons (Fsp3) is 0.357. The van der Waals surface area contributed by atoms with Crippen LogP contribution in [0.5, 0.6) is 5.88 Å². The lowest BCUT2D eigenvalue weighted by Crippen LogP contribution is -2.08. The normalized spacial score (nSPS) is 11.2. The number of hydrogen-bond donors (Lipinski definition) is 0. The van der Waals surface area contributed by atoms with Gasteiger partial charge in [-0.3, -0.25) is 4.68 Å². The quantitative estimate of drug-likeness (QED) is 0.694. The summed E-state index contributed by atoms with van der Waals surface area (Å²) in [5.74, 6) is 1.78. The smallest absolute Gasteiger partial charge is 0.213 e. The van der Waals surface area contributed by atoms with Crippen LogP contribution in [0.3, 0.4) is 0 Å². The summed E-state index contributed by atoms with van der Waals surface area (Å²) in [6.45, 7) is 2.60. The summed E-state index contributed by atoms with van der Waals surface area (Å²) in [5.41, 5.74) is 3.85. The third-order valence-corrected chi connectivity index (χ3v) is 3.68. The Balaban J connectivity index is 2.10. The molecule has 3 heterocycles. The van der Waals surface area contributed by atoms with Crippen LogP contribution in [0.15, 0.2) is 18.3 Å². The van der Waals surface area contributed by atoms with Gasteiger partial charge in [0.15, 0.2) is 5.65 Å². The predicted molar refractivity (Wildman–Crippen MR) is 80.7 cm³/mol. The molecule has 0 saturated carbocycles. The van der Waals surface area contributed by atoms with Crippen molar-refractivity contribution in [3.05, 3.63) is 35.4 Å². The van der Waals surface area contributed by atoms with Crippen molar-refractivity contribution < 1.29 is 4.74 Å². The molecule has 0 bridgehead atoms. The molecule has 0 aliphatic carbocycles. The number of hydrogen-bond acceptors (Lipinski definition) is 4. The number of halogens is 1. The van der Waals surface area contributed by atoms with E-state index in [0.29, 0.717) is 18.3 Å². The monoisotopic (exact) mass is 305 g/mol. The van der Waals surface area contributed by atoms with Crippen LogP contribution >= 0.6 is 11.6 Å². The molecule has 0 aliphatic rings. The molecular formula is C14H16ClN5O. The van der Waals surface area contributed by atoms with Crippen molar-refractivity contribution in [2.45, 2.75) is 19.3 Å². The Morgan fingerprint density at radius 2 is 2.19 bits per heavy atom. The van der Waals surface area contributed by atoms with Gasteiger partial charge >= 0.3 is 0 Å². The summed E-state index contributed by atoms with van der Waals surface area (Å²) in [6.07, 6.45) is 1.73. The number of alkyl halides is 1. The van der Waals surface area contributed by atoms with Gasteiger partial charge in [-0.05, 0) is 18.6 Å². The number of ether oxygens (including phenoxy) is 1. The maximum atomic E-state index is 6.04. The summed E-state index contributed by atoms with van der Waals surface area (Å²) in [5, 5.41) is 4.41.